The summed E-state index contributed by atoms with van der Waals surface area (Å²) in [6.45, 7) is 11.3. The largest absolute Gasteiger partial charge is 0.342 e. The average Bonchev–Trinajstić information content (AvgIpc) is 2.84. The molecule has 1 atom stereocenters. The maximum atomic E-state index is 13.4. The van der Waals surface area contributed by atoms with Crippen LogP contribution in [0.1, 0.15) is 44.2 Å². The molecule has 2 aromatic carbocycles. The van der Waals surface area contributed by atoms with Crippen LogP contribution in [0.15, 0.2) is 36.4 Å². The predicted molar refractivity (Wildman–Crippen MR) is 152 cm³/mol. The van der Waals surface area contributed by atoms with E-state index in [9.17, 15) is 4.79 Å². The molecule has 0 saturated carbocycles. The maximum absolute atomic E-state index is 13.4. The Morgan fingerprint density at radius 3 is 2.25 bits per heavy atom. The minimum absolute atomic E-state index is 0.100. The third-order valence-corrected chi connectivity index (χ3v) is 8.96. The number of carbonyl (C=O) groups excluding carboxylic acids is 1. The van der Waals surface area contributed by atoms with Crippen LogP contribution in [0, 0.1) is 0 Å². The van der Waals surface area contributed by atoms with Crippen molar-refractivity contribution in [3.05, 3.63) is 67.6 Å². The summed E-state index contributed by atoms with van der Waals surface area (Å²) >= 11 is 25.1. The van der Waals surface area contributed by atoms with Crippen molar-refractivity contribution in [2.45, 2.75) is 51.0 Å². The number of hydrogen-bond acceptors (Lipinski definition) is 3. The molecular weight excluding hydrogens is 536 g/mol. The highest BCUT2D eigenvalue weighted by molar-refractivity contribution is 6.42. The fourth-order valence-electron chi connectivity index (χ4n) is 5.63. The Morgan fingerprint density at radius 2 is 1.61 bits per heavy atom. The van der Waals surface area contributed by atoms with Crippen LogP contribution in [0.3, 0.4) is 0 Å². The zero-order valence-corrected chi connectivity index (χ0v) is 24.1. The second kappa shape index (κ2) is 12.2. The molecule has 8 heteroatoms. The number of carbonyl (C=O) groups is 1. The molecule has 4 rings (SSSR count). The second-order valence-corrected chi connectivity index (χ2v) is 12.2. The summed E-state index contributed by atoms with van der Waals surface area (Å²) in [5, 5.41) is 2.22. The third-order valence-electron chi connectivity index (χ3n) is 7.78. The normalized spacial score (nSPS) is 21.8. The fraction of sp³-hybridized carbons (Fsp3) is 0.536. The van der Waals surface area contributed by atoms with E-state index < -0.39 is 0 Å². The van der Waals surface area contributed by atoms with Gasteiger partial charge in [0.25, 0.3) is 0 Å². The highest BCUT2D eigenvalue weighted by Crippen LogP contribution is 2.40. The summed E-state index contributed by atoms with van der Waals surface area (Å²) in [6.07, 6.45) is 3.22. The molecule has 4 nitrogen and oxygen atoms in total. The van der Waals surface area contributed by atoms with E-state index in [-0.39, 0.29) is 17.7 Å². The minimum atomic E-state index is -0.163. The first kappa shape index (κ1) is 28.0. The van der Waals surface area contributed by atoms with Gasteiger partial charge in [0.15, 0.2) is 0 Å². The van der Waals surface area contributed by atoms with E-state index in [4.69, 9.17) is 46.4 Å². The van der Waals surface area contributed by atoms with Crippen molar-refractivity contribution in [1.82, 2.24) is 14.7 Å². The first-order chi connectivity index (χ1) is 17.1. The van der Waals surface area contributed by atoms with Gasteiger partial charge < -0.3 is 9.80 Å². The first-order valence-corrected chi connectivity index (χ1v) is 14.3. The molecule has 0 spiro atoms. The van der Waals surface area contributed by atoms with E-state index in [0.717, 1.165) is 64.1 Å². The minimum Gasteiger partial charge on any atom is -0.342 e. The van der Waals surface area contributed by atoms with Gasteiger partial charge in [-0.1, -0.05) is 52.5 Å². The Labute approximate surface area is 235 Å². The lowest BCUT2D eigenvalue weighted by atomic mass is 9.71. The van der Waals surface area contributed by atoms with Crippen LogP contribution < -0.4 is 0 Å². The summed E-state index contributed by atoms with van der Waals surface area (Å²) in [6, 6.07) is 11.9. The predicted octanol–water partition coefficient (Wildman–Crippen LogP) is 6.82. The lowest BCUT2D eigenvalue weighted by Crippen LogP contribution is -2.52. The van der Waals surface area contributed by atoms with Crippen LogP contribution in [-0.4, -0.2) is 72.5 Å². The van der Waals surface area contributed by atoms with Gasteiger partial charge in [0, 0.05) is 60.8 Å². The quantitative estimate of drug-likeness (QED) is 0.365. The van der Waals surface area contributed by atoms with Gasteiger partial charge in [0.1, 0.15) is 0 Å². The molecule has 196 valence electrons. The number of likely N-dealkylation sites (tertiary alicyclic amines) is 1. The van der Waals surface area contributed by atoms with E-state index in [1.807, 2.05) is 29.2 Å². The highest BCUT2D eigenvalue weighted by atomic mass is 35.5. The number of benzene rings is 2. The molecule has 2 aliphatic rings. The zero-order valence-electron chi connectivity index (χ0n) is 21.1. The number of rotatable bonds is 7. The molecule has 0 aliphatic carbocycles. The molecule has 2 saturated heterocycles. The van der Waals surface area contributed by atoms with Crippen molar-refractivity contribution in [3.63, 3.8) is 0 Å². The molecule has 36 heavy (non-hydrogen) atoms. The summed E-state index contributed by atoms with van der Waals surface area (Å²) < 4.78 is 0. The Hall–Kier alpha value is -1.01. The Balaban J connectivity index is 1.51. The van der Waals surface area contributed by atoms with E-state index in [0.29, 0.717) is 32.7 Å². The van der Waals surface area contributed by atoms with Crippen molar-refractivity contribution in [1.29, 1.82) is 0 Å². The van der Waals surface area contributed by atoms with Gasteiger partial charge in [0.05, 0.1) is 16.5 Å². The van der Waals surface area contributed by atoms with Crippen LogP contribution in [0.4, 0.5) is 0 Å². The molecule has 2 aromatic rings. The number of piperidine rings is 1. The molecule has 0 N–H and O–H groups in total. The van der Waals surface area contributed by atoms with E-state index in [2.05, 4.69) is 29.7 Å². The summed E-state index contributed by atoms with van der Waals surface area (Å²) in [5.41, 5.74) is 1.84. The molecule has 0 aromatic heterocycles. The lowest BCUT2D eigenvalue weighted by Gasteiger charge is -2.45. The summed E-state index contributed by atoms with van der Waals surface area (Å²) in [7, 11) is 0. The van der Waals surface area contributed by atoms with Crippen molar-refractivity contribution < 1.29 is 4.79 Å². The average molecular weight is 571 g/mol. The lowest BCUT2D eigenvalue weighted by molar-refractivity contribution is -0.132. The molecule has 1 unspecified atom stereocenters. The topological polar surface area (TPSA) is 26.8 Å². The van der Waals surface area contributed by atoms with Crippen LogP contribution in [0.5, 0.6) is 0 Å². The summed E-state index contributed by atoms with van der Waals surface area (Å²) in [4.78, 5) is 20.5. The van der Waals surface area contributed by atoms with Gasteiger partial charge >= 0.3 is 0 Å². The van der Waals surface area contributed by atoms with Gasteiger partial charge in [-0.25, -0.2) is 0 Å². The number of hydrogen-bond donors (Lipinski definition) is 0. The number of amides is 1. The smallest absolute Gasteiger partial charge is 0.227 e. The van der Waals surface area contributed by atoms with Crippen LogP contribution in [0.2, 0.25) is 20.1 Å². The molecule has 2 heterocycles. The summed E-state index contributed by atoms with van der Waals surface area (Å²) in [5.74, 6) is 0.100. The van der Waals surface area contributed by atoms with Crippen molar-refractivity contribution >= 4 is 52.3 Å². The number of nitrogens with zero attached hydrogens (tertiary/aromatic N) is 3. The Morgan fingerprint density at radius 1 is 0.917 bits per heavy atom. The monoisotopic (exact) mass is 569 g/mol. The van der Waals surface area contributed by atoms with E-state index >= 15 is 0 Å². The first-order valence-electron chi connectivity index (χ1n) is 12.8. The number of piperazine rings is 1. The van der Waals surface area contributed by atoms with Gasteiger partial charge in [-0.3, -0.25) is 9.69 Å². The van der Waals surface area contributed by atoms with Gasteiger partial charge in [-0.15, -0.1) is 0 Å². The van der Waals surface area contributed by atoms with E-state index in [1.54, 1.807) is 6.07 Å². The fourth-order valence-corrected chi connectivity index (χ4v) is 6.50. The van der Waals surface area contributed by atoms with Gasteiger partial charge in [-0.2, -0.15) is 0 Å². The molecule has 0 radical (unpaired) electrons. The van der Waals surface area contributed by atoms with Gasteiger partial charge in [0.2, 0.25) is 5.91 Å². The van der Waals surface area contributed by atoms with Crippen LogP contribution >= 0.6 is 46.4 Å². The molecule has 1 amide bonds. The maximum Gasteiger partial charge on any atom is 0.227 e. The van der Waals surface area contributed by atoms with E-state index in [1.165, 1.54) is 5.56 Å². The molecular formula is C28H35Cl4N3O. The molecule has 0 bridgehead atoms. The van der Waals surface area contributed by atoms with Crippen molar-refractivity contribution in [2.75, 3.05) is 45.8 Å². The van der Waals surface area contributed by atoms with Crippen molar-refractivity contribution in [2.24, 2.45) is 0 Å². The Kier molecular flexibility index (Phi) is 9.52. The van der Waals surface area contributed by atoms with Gasteiger partial charge in [-0.05, 0) is 81.1 Å². The number of halogens is 4. The second-order valence-electron chi connectivity index (χ2n) is 10.5. The van der Waals surface area contributed by atoms with Crippen molar-refractivity contribution in [3.8, 4) is 0 Å². The Bertz CT molecular complexity index is 1050. The molecule has 2 fully saturated rings. The SMILES string of the molecule is CC(C)N1CCN(CCC2(c3ccc(Cl)c(Cl)c3)CCCN(C(=O)Cc3cc(Cl)cc(Cl)c3)C2)CC1. The van der Waals surface area contributed by atoms with Crippen LogP contribution in [0.25, 0.3) is 0 Å². The molecule has 2 aliphatic heterocycles. The standard InChI is InChI=1S/C28H35Cl4N3O/c1-20(2)34-12-10-33(11-13-34)9-7-28(22-4-5-25(31)26(32)17-22)6-3-8-35(19-28)27(36)16-21-14-23(29)18-24(30)15-21/h4-5,14-15,17-18,20H,3,6-13,16,19H2,1-2H3. The third kappa shape index (κ3) is 6.89. The zero-order chi connectivity index (χ0) is 25.9. The highest BCUT2D eigenvalue weighted by Gasteiger charge is 2.39. The van der Waals surface area contributed by atoms with Crippen LogP contribution in [-0.2, 0) is 16.6 Å².